The summed E-state index contributed by atoms with van der Waals surface area (Å²) in [6.07, 6.45) is 11.2. The molecule has 1 aromatic carbocycles. The molecular formula is C23H25N3O5. The third kappa shape index (κ3) is 3.40. The Morgan fingerprint density at radius 2 is 1.84 bits per heavy atom. The smallest absolute Gasteiger partial charge is 0.395 e. The quantitative estimate of drug-likeness (QED) is 0.554. The first-order chi connectivity index (χ1) is 14.9. The van der Waals surface area contributed by atoms with Crippen LogP contribution in [0, 0.1) is 27.9 Å². The summed E-state index contributed by atoms with van der Waals surface area (Å²) < 4.78 is 5.52. The van der Waals surface area contributed by atoms with Crippen LogP contribution in [0.4, 0.5) is 5.69 Å². The molecule has 0 aliphatic heterocycles. The van der Waals surface area contributed by atoms with E-state index in [1.54, 1.807) is 13.2 Å². The van der Waals surface area contributed by atoms with E-state index in [1.807, 2.05) is 6.07 Å². The van der Waals surface area contributed by atoms with E-state index in [0.29, 0.717) is 5.75 Å². The molecular weight excluding hydrogens is 398 g/mol. The van der Waals surface area contributed by atoms with Crippen LogP contribution < -0.4 is 10.3 Å². The summed E-state index contributed by atoms with van der Waals surface area (Å²) in [5.74, 6) is 2.34. The number of aromatic nitrogens is 2. The van der Waals surface area contributed by atoms with Gasteiger partial charge in [-0.15, -0.1) is 0 Å². The molecule has 31 heavy (non-hydrogen) atoms. The largest absolute Gasteiger partial charge is 0.496 e. The van der Waals surface area contributed by atoms with Crippen LogP contribution in [0.1, 0.15) is 55.5 Å². The molecule has 2 N–H and O–H groups in total. The van der Waals surface area contributed by atoms with Crippen molar-refractivity contribution in [3.05, 3.63) is 55.6 Å². The molecule has 1 heterocycles. The zero-order chi connectivity index (χ0) is 21.8. The highest BCUT2D eigenvalue weighted by Gasteiger charge is 2.51. The van der Waals surface area contributed by atoms with E-state index < -0.39 is 22.0 Å². The first-order valence-electron chi connectivity index (χ1n) is 10.7. The lowest BCUT2D eigenvalue weighted by molar-refractivity contribution is -0.387. The van der Waals surface area contributed by atoms with Crippen molar-refractivity contribution in [3.63, 3.8) is 0 Å². The summed E-state index contributed by atoms with van der Waals surface area (Å²) in [4.78, 5) is 27.9. The first-order valence-corrected chi connectivity index (χ1v) is 10.7. The maximum absolute atomic E-state index is 11.9. The van der Waals surface area contributed by atoms with E-state index in [2.05, 4.69) is 22.1 Å². The molecule has 0 unspecified atom stereocenters. The molecule has 4 saturated carbocycles. The van der Waals surface area contributed by atoms with Crippen molar-refractivity contribution >= 4 is 17.8 Å². The van der Waals surface area contributed by atoms with E-state index in [-0.39, 0.29) is 11.2 Å². The van der Waals surface area contributed by atoms with E-state index >= 15 is 0 Å². The Balaban J connectivity index is 1.49. The van der Waals surface area contributed by atoms with Crippen LogP contribution in [-0.4, -0.2) is 27.1 Å². The van der Waals surface area contributed by atoms with Crippen LogP contribution in [0.25, 0.3) is 12.2 Å². The van der Waals surface area contributed by atoms with Gasteiger partial charge in [-0.05, 0) is 91.5 Å². The number of methoxy groups -OCH3 is 1. The van der Waals surface area contributed by atoms with Gasteiger partial charge in [-0.2, -0.15) is 4.98 Å². The zero-order valence-corrected chi connectivity index (χ0v) is 17.3. The van der Waals surface area contributed by atoms with Crippen molar-refractivity contribution < 1.29 is 14.8 Å². The van der Waals surface area contributed by atoms with Crippen molar-refractivity contribution in [3.8, 4) is 11.6 Å². The molecule has 0 spiro atoms. The molecule has 8 nitrogen and oxygen atoms in total. The van der Waals surface area contributed by atoms with Gasteiger partial charge in [-0.3, -0.25) is 14.9 Å². The van der Waals surface area contributed by atoms with Gasteiger partial charge in [0.15, 0.2) is 0 Å². The average molecular weight is 423 g/mol. The second-order valence-electron chi connectivity index (χ2n) is 9.37. The number of nitrogens with one attached hydrogen (secondary N) is 1. The standard InChI is InChI=1S/C23H25N3O5/c1-31-18-4-3-17(23-10-13-6-14(11-23)8-15(7-13)12-23)9-16(18)2-5-19-24-21(27)20(26(29)30)22(28)25-19/h2-5,9,13-15H,6-8,10-12H2,1H3,(H2,24,25,27,28)/b5-2-. The summed E-state index contributed by atoms with van der Waals surface area (Å²) in [5, 5.41) is 20.6. The molecule has 2 aromatic rings. The van der Waals surface area contributed by atoms with E-state index in [1.165, 1.54) is 50.2 Å². The van der Waals surface area contributed by atoms with Gasteiger partial charge >= 0.3 is 11.2 Å². The number of aromatic amines is 1. The maximum atomic E-state index is 11.9. The Morgan fingerprint density at radius 3 is 2.39 bits per heavy atom. The summed E-state index contributed by atoms with van der Waals surface area (Å²) in [7, 11) is 1.61. The van der Waals surface area contributed by atoms with Gasteiger partial charge in [0.2, 0.25) is 0 Å². The third-order valence-corrected chi connectivity index (χ3v) is 7.38. The van der Waals surface area contributed by atoms with Crippen molar-refractivity contribution in [2.45, 2.75) is 43.9 Å². The Hall–Kier alpha value is -3.16. The maximum Gasteiger partial charge on any atom is 0.395 e. The predicted octanol–water partition coefficient (Wildman–Crippen LogP) is 4.03. The molecule has 4 aliphatic rings. The fraction of sp³-hybridized carbons (Fsp3) is 0.478. The van der Waals surface area contributed by atoms with E-state index in [4.69, 9.17) is 4.74 Å². The highest BCUT2D eigenvalue weighted by Crippen LogP contribution is 2.60. The minimum absolute atomic E-state index is 0.0374. The van der Waals surface area contributed by atoms with Crippen molar-refractivity contribution in [1.82, 2.24) is 9.97 Å². The second kappa shape index (κ2) is 7.21. The van der Waals surface area contributed by atoms with Crippen LogP contribution in [0.15, 0.2) is 23.0 Å². The molecule has 4 bridgehead atoms. The van der Waals surface area contributed by atoms with E-state index in [9.17, 15) is 20.0 Å². The van der Waals surface area contributed by atoms with Crippen LogP contribution in [0.2, 0.25) is 0 Å². The monoisotopic (exact) mass is 423 g/mol. The van der Waals surface area contributed by atoms with Gasteiger partial charge in [-0.25, -0.2) is 0 Å². The zero-order valence-electron chi connectivity index (χ0n) is 17.3. The number of nitro groups is 1. The van der Waals surface area contributed by atoms with Gasteiger partial charge < -0.3 is 14.8 Å². The van der Waals surface area contributed by atoms with Gasteiger partial charge in [0.1, 0.15) is 11.6 Å². The van der Waals surface area contributed by atoms with Crippen molar-refractivity contribution in [2.24, 2.45) is 17.8 Å². The SMILES string of the molecule is COc1ccc(C23CC4CC(CC(C4)C2)C3)cc1/C=C\c1nc(O)c([N+](=O)[O-])c(=O)[nH]1. The molecule has 0 amide bonds. The van der Waals surface area contributed by atoms with E-state index in [0.717, 1.165) is 23.3 Å². The molecule has 0 saturated heterocycles. The predicted molar refractivity (Wildman–Crippen MR) is 115 cm³/mol. The minimum Gasteiger partial charge on any atom is -0.496 e. The van der Waals surface area contributed by atoms with Gasteiger partial charge in [-0.1, -0.05) is 6.07 Å². The topological polar surface area (TPSA) is 118 Å². The Labute approximate surface area is 179 Å². The summed E-state index contributed by atoms with van der Waals surface area (Å²) in [6, 6.07) is 6.32. The molecule has 0 radical (unpaired) electrons. The molecule has 8 heteroatoms. The fourth-order valence-corrected chi connectivity index (χ4v) is 6.54. The lowest BCUT2D eigenvalue weighted by Gasteiger charge is -2.57. The van der Waals surface area contributed by atoms with Crippen LogP contribution in [0.3, 0.4) is 0 Å². The molecule has 4 fully saturated rings. The summed E-state index contributed by atoms with van der Waals surface area (Å²) >= 11 is 0. The van der Waals surface area contributed by atoms with Crippen LogP contribution >= 0.6 is 0 Å². The van der Waals surface area contributed by atoms with Gasteiger partial charge in [0, 0.05) is 5.56 Å². The Morgan fingerprint density at radius 1 is 1.19 bits per heavy atom. The Bertz CT molecular complexity index is 1100. The molecule has 1 aromatic heterocycles. The number of nitrogens with zero attached hydrogens (tertiary/aromatic N) is 2. The minimum atomic E-state index is -0.994. The second-order valence-corrected chi connectivity index (χ2v) is 9.37. The van der Waals surface area contributed by atoms with Gasteiger partial charge in [0.05, 0.1) is 12.0 Å². The number of rotatable bonds is 5. The Kier molecular flexibility index (Phi) is 4.60. The third-order valence-electron chi connectivity index (χ3n) is 7.38. The van der Waals surface area contributed by atoms with Crippen LogP contribution in [-0.2, 0) is 5.41 Å². The fourth-order valence-electron chi connectivity index (χ4n) is 6.54. The van der Waals surface area contributed by atoms with Crippen molar-refractivity contribution in [2.75, 3.05) is 7.11 Å². The van der Waals surface area contributed by atoms with Crippen molar-refractivity contribution in [1.29, 1.82) is 0 Å². The van der Waals surface area contributed by atoms with Gasteiger partial charge in [0.25, 0.3) is 5.88 Å². The highest BCUT2D eigenvalue weighted by molar-refractivity contribution is 5.71. The number of benzene rings is 1. The number of aromatic hydroxyl groups is 1. The first kappa shape index (κ1) is 19.8. The lowest BCUT2D eigenvalue weighted by Crippen LogP contribution is -2.48. The average Bonchev–Trinajstić information content (AvgIpc) is 2.70. The number of H-pyrrole nitrogens is 1. The molecule has 0 atom stereocenters. The number of hydrogen-bond donors (Lipinski definition) is 2. The normalized spacial score (nSPS) is 28.9. The van der Waals surface area contributed by atoms with Crippen LogP contribution in [0.5, 0.6) is 11.6 Å². The molecule has 6 rings (SSSR count). The molecule has 162 valence electrons. The lowest BCUT2D eigenvalue weighted by atomic mass is 9.48. The number of hydrogen-bond acceptors (Lipinski definition) is 6. The molecule has 4 aliphatic carbocycles. The number of ether oxygens (including phenoxy) is 1. The summed E-state index contributed by atoms with van der Waals surface area (Å²) in [6.45, 7) is 0. The summed E-state index contributed by atoms with van der Waals surface area (Å²) in [5.41, 5.74) is 0.461. The highest BCUT2D eigenvalue weighted by atomic mass is 16.6.